The largest absolute Gasteiger partial charge is 0.454 e. The minimum absolute atomic E-state index is 0. The number of hydrogen-bond donors (Lipinski definition) is 2. The molecule has 0 radical (unpaired) electrons. The summed E-state index contributed by atoms with van der Waals surface area (Å²) >= 11 is 0. The predicted octanol–water partition coefficient (Wildman–Crippen LogP) is 4.59. The Morgan fingerprint density at radius 3 is 2.65 bits per heavy atom. The fraction of sp³-hybridized carbons (Fsp3) is 0.444. The number of nitrogens with one attached hydrogen (secondary N) is 1. The van der Waals surface area contributed by atoms with Crippen LogP contribution in [0.3, 0.4) is 0 Å². The monoisotopic (exact) mass is 466 g/mol. The minimum Gasteiger partial charge on any atom is -0.454 e. The third-order valence-corrected chi connectivity index (χ3v) is 6.79. The summed E-state index contributed by atoms with van der Waals surface area (Å²) in [5.74, 6) is 1.42. The summed E-state index contributed by atoms with van der Waals surface area (Å²) in [7, 11) is 1.59. The zero-order valence-electron chi connectivity index (χ0n) is 20.2. The first-order chi connectivity index (χ1) is 16.2. The summed E-state index contributed by atoms with van der Waals surface area (Å²) < 4.78 is 18.2. The molecular formula is C27H34N2O5. The van der Waals surface area contributed by atoms with Crippen LogP contribution in [0.25, 0.3) is 10.9 Å². The van der Waals surface area contributed by atoms with E-state index in [1.165, 1.54) is 0 Å². The number of hydrogen-bond acceptors (Lipinski definition) is 5. The maximum atomic E-state index is 13.3. The summed E-state index contributed by atoms with van der Waals surface area (Å²) in [5, 5.41) is 14.6. The molecule has 0 spiro atoms. The van der Waals surface area contributed by atoms with Crippen molar-refractivity contribution in [2.45, 2.75) is 57.1 Å². The van der Waals surface area contributed by atoms with Gasteiger partial charge >= 0.3 is 0 Å². The number of aliphatic hydroxyl groups excluding tert-OH is 1. The first-order valence-electron chi connectivity index (χ1n) is 11.7. The molecule has 5 rings (SSSR count). The number of anilines is 1. The van der Waals surface area contributed by atoms with Gasteiger partial charge in [0.2, 0.25) is 12.7 Å². The van der Waals surface area contributed by atoms with E-state index in [1.54, 1.807) is 7.11 Å². The van der Waals surface area contributed by atoms with Crippen molar-refractivity contribution < 1.29 is 25.5 Å². The standard InChI is InChI=1S/C27H32N2O5.H2/c1-26(2,3)24-12-17-11-19(6-7-21(17)29(24)14-20(30)15-32-4)28-25(31)27(9-10-27)18-5-8-22-23(13-18)34-16-33-22;/h5-8,11-13,20,30H,9-10,14-16H2,1-4H3,(H,28,31);1H. The molecule has 3 aromatic rings. The molecule has 1 amide bonds. The van der Waals surface area contributed by atoms with Crippen LogP contribution in [0.1, 0.15) is 46.3 Å². The van der Waals surface area contributed by atoms with Gasteiger partial charge in [-0.05, 0) is 54.8 Å². The van der Waals surface area contributed by atoms with E-state index in [0.29, 0.717) is 12.3 Å². The van der Waals surface area contributed by atoms with E-state index < -0.39 is 11.5 Å². The lowest BCUT2D eigenvalue weighted by Crippen LogP contribution is -2.27. The van der Waals surface area contributed by atoms with Gasteiger partial charge in [0.15, 0.2) is 11.5 Å². The number of ether oxygens (including phenoxy) is 3. The molecular weight excluding hydrogens is 432 g/mol. The van der Waals surface area contributed by atoms with Gasteiger partial charge in [0.05, 0.1) is 24.7 Å². The lowest BCUT2D eigenvalue weighted by atomic mass is 9.92. The second-order valence-corrected chi connectivity index (χ2v) is 10.4. The van der Waals surface area contributed by atoms with Crippen molar-refractivity contribution in [1.29, 1.82) is 0 Å². The zero-order valence-corrected chi connectivity index (χ0v) is 20.2. The number of carbonyl (C=O) groups is 1. The van der Waals surface area contributed by atoms with E-state index >= 15 is 0 Å². The highest BCUT2D eigenvalue weighted by Gasteiger charge is 2.51. The molecule has 1 saturated carbocycles. The predicted molar refractivity (Wildman–Crippen MR) is 133 cm³/mol. The Balaban J connectivity index is 0.00000289. The Morgan fingerprint density at radius 1 is 1.18 bits per heavy atom. The van der Waals surface area contributed by atoms with Crippen LogP contribution in [0.15, 0.2) is 42.5 Å². The third-order valence-electron chi connectivity index (χ3n) is 6.79. The number of fused-ring (bicyclic) bond motifs is 2. The maximum absolute atomic E-state index is 13.3. The van der Waals surface area contributed by atoms with Crippen LogP contribution in [0.2, 0.25) is 0 Å². The molecule has 2 N–H and O–H groups in total. The summed E-state index contributed by atoms with van der Waals surface area (Å²) in [5.41, 5.74) is 3.24. The fourth-order valence-electron chi connectivity index (χ4n) is 4.84. The van der Waals surface area contributed by atoms with Gasteiger partial charge in [-0.15, -0.1) is 0 Å². The molecule has 1 atom stereocenters. The van der Waals surface area contributed by atoms with Crippen molar-refractivity contribution in [3.8, 4) is 11.5 Å². The Labute approximate surface area is 201 Å². The molecule has 34 heavy (non-hydrogen) atoms. The number of methoxy groups -OCH3 is 1. The topological polar surface area (TPSA) is 82.0 Å². The number of nitrogens with zero attached hydrogens (tertiary/aromatic N) is 1. The number of rotatable bonds is 7. The van der Waals surface area contributed by atoms with Crippen LogP contribution in [0.4, 0.5) is 5.69 Å². The minimum atomic E-state index is -0.600. The molecule has 1 unspecified atom stereocenters. The van der Waals surface area contributed by atoms with Crippen LogP contribution in [0, 0.1) is 0 Å². The molecule has 7 heteroatoms. The Bertz CT molecular complexity index is 1240. The Kier molecular flexibility index (Phi) is 5.57. The first-order valence-corrected chi connectivity index (χ1v) is 11.7. The summed E-state index contributed by atoms with van der Waals surface area (Å²) in [6.45, 7) is 7.42. The molecule has 7 nitrogen and oxygen atoms in total. The van der Waals surface area contributed by atoms with Gasteiger partial charge in [-0.25, -0.2) is 0 Å². The highest BCUT2D eigenvalue weighted by molar-refractivity contribution is 6.02. The van der Waals surface area contributed by atoms with Crippen LogP contribution in [-0.2, 0) is 26.9 Å². The van der Waals surface area contributed by atoms with Gasteiger partial charge in [0.25, 0.3) is 0 Å². The van der Waals surface area contributed by atoms with Crippen molar-refractivity contribution in [3.05, 3.63) is 53.7 Å². The molecule has 182 valence electrons. The molecule has 1 fully saturated rings. The van der Waals surface area contributed by atoms with Crippen LogP contribution in [0.5, 0.6) is 11.5 Å². The average Bonchev–Trinajstić information content (AvgIpc) is 3.33. The van der Waals surface area contributed by atoms with Crippen molar-refractivity contribution >= 4 is 22.5 Å². The van der Waals surface area contributed by atoms with Crippen molar-refractivity contribution in [3.63, 3.8) is 0 Å². The van der Waals surface area contributed by atoms with Crippen molar-refractivity contribution in [1.82, 2.24) is 4.57 Å². The fourth-order valence-corrected chi connectivity index (χ4v) is 4.84. The number of amides is 1. The van der Waals surface area contributed by atoms with Crippen LogP contribution >= 0.6 is 0 Å². The van der Waals surface area contributed by atoms with Gasteiger partial charge in [0, 0.05) is 36.2 Å². The molecule has 1 aromatic heterocycles. The van der Waals surface area contributed by atoms with E-state index in [2.05, 4.69) is 36.7 Å². The van der Waals surface area contributed by atoms with E-state index in [9.17, 15) is 9.90 Å². The van der Waals surface area contributed by atoms with Gasteiger partial charge in [-0.2, -0.15) is 0 Å². The smallest absolute Gasteiger partial charge is 0.235 e. The van der Waals surface area contributed by atoms with Crippen LogP contribution < -0.4 is 14.8 Å². The Hall–Kier alpha value is -3.03. The molecule has 1 aliphatic heterocycles. The normalized spacial score (nSPS) is 17.1. The zero-order chi connectivity index (χ0) is 24.1. The lowest BCUT2D eigenvalue weighted by molar-refractivity contribution is -0.118. The van der Waals surface area contributed by atoms with Gasteiger partial charge < -0.3 is 29.2 Å². The number of aliphatic hydroxyl groups is 1. The summed E-state index contributed by atoms with van der Waals surface area (Å²) in [4.78, 5) is 13.3. The number of carbonyl (C=O) groups excluding carboxylic acids is 1. The lowest BCUT2D eigenvalue weighted by Gasteiger charge is -2.23. The molecule has 0 saturated heterocycles. The molecule has 1 aliphatic carbocycles. The summed E-state index contributed by atoms with van der Waals surface area (Å²) in [6.07, 6.45) is 1.02. The number of aromatic nitrogens is 1. The molecule has 2 heterocycles. The first kappa shape index (κ1) is 22.7. The molecule has 0 bridgehead atoms. The van der Waals surface area contributed by atoms with Gasteiger partial charge in [0.1, 0.15) is 0 Å². The van der Waals surface area contributed by atoms with E-state index in [1.807, 2.05) is 36.4 Å². The van der Waals surface area contributed by atoms with Gasteiger partial charge in [-0.1, -0.05) is 26.8 Å². The quantitative estimate of drug-likeness (QED) is 0.532. The maximum Gasteiger partial charge on any atom is 0.235 e. The second-order valence-electron chi connectivity index (χ2n) is 10.4. The van der Waals surface area contributed by atoms with Crippen molar-refractivity contribution in [2.24, 2.45) is 0 Å². The van der Waals surface area contributed by atoms with Crippen molar-refractivity contribution in [2.75, 3.05) is 25.8 Å². The Morgan fingerprint density at radius 2 is 1.94 bits per heavy atom. The summed E-state index contributed by atoms with van der Waals surface area (Å²) in [6, 6.07) is 13.9. The van der Waals surface area contributed by atoms with Crippen LogP contribution in [-0.4, -0.2) is 42.2 Å². The van der Waals surface area contributed by atoms with E-state index in [4.69, 9.17) is 14.2 Å². The highest BCUT2D eigenvalue weighted by Crippen LogP contribution is 2.51. The third kappa shape index (κ3) is 4.03. The van der Waals surface area contributed by atoms with E-state index in [-0.39, 0.29) is 26.1 Å². The molecule has 2 aromatic carbocycles. The van der Waals surface area contributed by atoms with Gasteiger partial charge in [-0.3, -0.25) is 4.79 Å². The second kappa shape index (κ2) is 8.32. The average molecular weight is 467 g/mol. The molecule has 2 aliphatic rings. The highest BCUT2D eigenvalue weighted by atomic mass is 16.7. The van der Waals surface area contributed by atoms with E-state index in [0.717, 1.165) is 46.4 Å². The number of benzene rings is 2. The SMILES string of the molecule is COCC(O)Cn1c(C(C)(C)C)cc2cc(NC(=O)C3(c4ccc5c(c4)OCO5)CC3)ccc21.[HH].